The molecule has 0 amide bonds. The summed E-state index contributed by atoms with van der Waals surface area (Å²) in [5, 5.41) is 0. The van der Waals surface area contributed by atoms with Crippen LogP contribution in [0, 0.1) is 5.92 Å². The maximum atomic E-state index is 5.17. The molecule has 0 aromatic carbocycles. The van der Waals surface area contributed by atoms with Crippen LogP contribution in [0.2, 0.25) is 0 Å². The predicted octanol–water partition coefficient (Wildman–Crippen LogP) is 2.67. The molecule has 1 nitrogen and oxygen atoms in total. The van der Waals surface area contributed by atoms with Crippen LogP contribution in [0.3, 0.4) is 0 Å². The zero-order chi connectivity index (χ0) is 8.27. The molecule has 0 N–H and O–H groups in total. The van der Waals surface area contributed by atoms with Crippen molar-refractivity contribution in [1.29, 1.82) is 0 Å². The van der Waals surface area contributed by atoms with Gasteiger partial charge in [0.1, 0.15) is 5.76 Å². The van der Waals surface area contributed by atoms with Crippen molar-refractivity contribution in [2.24, 2.45) is 5.92 Å². The lowest BCUT2D eigenvalue weighted by Crippen LogP contribution is -1.89. The molecule has 1 aliphatic carbocycles. The third-order valence-corrected chi connectivity index (χ3v) is 1.78. The van der Waals surface area contributed by atoms with Crippen molar-refractivity contribution < 1.29 is 4.74 Å². The summed E-state index contributed by atoms with van der Waals surface area (Å²) in [4.78, 5) is 0. The second-order valence-corrected chi connectivity index (χ2v) is 2.83. The fraction of sp³-hybridized carbons (Fsp3) is 0.400. The van der Waals surface area contributed by atoms with Crippen molar-refractivity contribution in [3.8, 4) is 0 Å². The van der Waals surface area contributed by atoms with Gasteiger partial charge in [0.2, 0.25) is 0 Å². The second kappa shape index (κ2) is 3.42. The highest BCUT2D eigenvalue weighted by molar-refractivity contribution is 5.31. The summed E-state index contributed by atoms with van der Waals surface area (Å²) in [7, 11) is 1.70. The van der Waals surface area contributed by atoms with Gasteiger partial charge in [-0.2, -0.15) is 0 Å². The van der Waals surface area contributed by atoms with E-state index in [0.717, 1.165) is 5.76 Å². The molecule has 0 spiro atoms. The van der Waals surface area contributed by atoms with Gasteiger partial charge < -0.3 is 4.74 Å². The monoisotopic (exact) mass is 150 g/mol. The molecule has 0 bridgehead atoms. The van der Waals surface area contributed by atoms with Crippen molar-refractivity contribution in [3.05, 3.63) is 35.6 Å². The molecule has 0 radical (unpaired) electrons. The molecule has 0 heterocycles. The van der Waals surface area contributed by atoms with Crippen molar-refractivity contribution in [2.45, 2.75) is 13.8 Å². The van der Waals surface area contributed by atoms with Crippen LogP contribution in [0.1, 0.15) is 13.8 Å². The lowest BCUT2D eigenvalue weighted by atomic mass is 10.1. The first-order valence-electron chi connectivity index (χ1n) is 3.85. The van der Waals surface area contributed by atoms with Gasteiger partial charge in [0, 0.05) is 0 Å². The Hall–Kier alpha value is -0.980. The van der Waals surface area contributed by atoms with Crippen LogP contribution >= 0.6 is 0 Å². The molecule has 0 aromatic heterocycles. The Kier molecular flexibility index (Phi) is 2.53. The quantitative estimate of drug-likeness (QED) is 0.558. The van der Waals surface area contributed by atoms with Gasteiger partial charge in [-0.25, -0.2) is 0 Å². The third-order valence-electron chi connectivity index (χ3n) is 1.78. The van der Waals surface area contributed by atoms with Crippen LogP contribution in [-0.2, 0) is 4.74 Å². The van der Waals surface area contributed by atoms with Crippen LogP contribution in [0.5, 0.6) is 0 Å². The minimum absolute atomic E-state index is 0.513. The Morgan fingerprint density at radius 3 is 2.82 bits per heavy atom. The van der Waals surface area contributed by atoms with Crippen LogP contribution < -0.4 is 0 Å². The fourth-order valence-electron chi connectivity index (χ4n) is 1.21. The summed E-state index contributed by atoms with van der Waals surface area (Å²) in [5.41, 5.74) is 1.21. The second-order valence-electron chi connectivity index (χ2n) is 2.83. The molecule has 0 saturated heterocycles. The molecule has 0 aromatic rings. The Balaban J connectivity index is 2.88. The molecule has 60 valence electrons. The van der Waals surface area contributed by atoms with Crippen molar-refractivity contribution in [3.63, 3.8) is 0 Å². The van der Waals surface area contributed by atoms with E-state index in [4.69, 9.17) is 4.74 Å². The third kappa shape index (κ3) is 1.97. The first-order chi connectivity index (χ1) is 5.24. The zero-order valence-electron chi connectivity index (χ0n) is 7.29. The molecular formula is C10H14O. The van der Waals surface area contributed by atoms with E-state index in [1.165, 1.54) is 5.57 Å². The number of hydrogen-bond acceptors (Lipinski definition) is 1. The van der Waals surface area contributed by atoms with E-state index < -0.39 is 0 Å². The molecule has 11 heavy (non-hydrogen) atoms. The molecule has 1 aliphatic rings. The van der Waals surface area contributed by atoms with Gasteiger partial charge in [-0.1, -0.05) is 25.2 Å². The van der Waals surface area contributed by atoms with E-state index in [1.807, 2.05) is 12.2 Å². The summed E-state index contributed by atoms with van der Waals surface area (Å²) in [6.45, 7) is 4.23. The van der Waals surface area contributed by atoms with E-state index >= 15 is 0 Å². The van der Waals surface area contributed by atoms with E-state index in [1.54, 1.807) is 7.11 Å². The average Bonchev–Trinajstić information content (AvgIpc) is 2.11. The molecule has 0 saturated carbocycles. The van der Waals surface area contributed by atoms with Gasteiger partial charge in [0.15, 0.2) is 0 Å². The van der Waals surface area contributed by atoms with Gasteiger partial charge in [0.05, 0.1) is 7.11 Å². The fourth-order valence-corrected chi connectivity index (χ4v) is 1.21. The van der Waals surface area contributed by atoms with Crippen molar-refractivity contribution in [1.82, 2.24) is 0 Å². The minimum Gasteiger partial charge on any atom is -0.497 e. The predicted molar refractivity (Wildman–Crippen MR) is 47.2 cm³/mol. The Morgan fingerprint density at radius 1 is 1.45 bits per heavy atom. The van der Waals surface area contributed by atoms with E-state index in [9.17, 15) is 0 Å². The van der Waals surface area contributed by atoms with Crippen molar-refractivity contribution >= 4 is 0 Å². The lowest BCUT2D eigenvalue weighted by molar-refractivity contribution is 0.301. The van der Waals surface area contributed by atoms with Gasteiger partial charge in [-0.15, -0.1) is 0 Å². The summed E-state index contributed by atoms with van der Waals surface area (Å²) >= 11 is 0. The SMILES string of the molecule is COC1=CC=CC(C)C=C1C. The Morgan fingerprint density at radius 2 is 2.18 bits per heavy atom. The smallest absolute Gasteiger partial charge is 0.121 e. The summed E-state index contributed by atoms with van der Waals surface area (Å²) < 4.78 is 5.17. The number of methoxy groups -OCH3 is 1. The number of rotatable bonds is 1. The summed E-state index contributed by atoms with van der Waals surface area (Å²) in [6.07, 6.45) is 8.38. The lowest BCUT2D eigenvalue weighted by Gasteiger charge is -2.04. The topological polar surface area (TPSA) is 9.23 Å². The number of hydrogen-bond donors (Lipinski definition) is 0. The zero-order valence-corrected chi connectivity index (χ0v) is 7.29. The molecule has 0 fully saturated rings. The normalized spacial score (nSPS) is 23.7. The molecule has 1 rings (SSSR count). The van der Waals surface area contributed by atoms with Gasteiger partial charge in [0.25, 0.3) is 0 Å². The van der Waals surface area contributed by atoms with E-state index in [2.05, 4.69) is 26.0 Å². The van der Waals surface area contributed by atoms with E-state index in [-0.39, 0.29) is 0 Å². The highest BCUT2D eigenvalue weighted by atomic mass is 16.5. The standard InChI is InChI=1S/C10H14O/c1-8-5-4-6-10(11-3)9(2)7-8/h4-8H,1-3H3. The molecule has 1 heteroatoms. The maximum absolute atomic E-state index is 5.17. The summed E-state index contributed by atoms with van der Waals surface area (Å²) in [6, 6.07) is 0. The molecule has 0 aliphatic heterocycles. The largest absolute Gasteiger partial charge is 0.497 e. The molecule has 1 unspecified atom stereocenters. The number of ether oxygens (including phenoxy) is 1. The minimum atomic E-state index is 0.513. The van der Waals surface area contributed by atoms with Crippen LogP contribution in [0.4, 0.5) is 0 Å². The van der Waals surface area contributed by atoms with Crippen LogP contribution in [0.15, 0.2) is 35.6 Å². The van der Waals surface area contributed by atoms with Crippen molar-refractivity contribution in [2.75, 3.05) is 7.11 Å². The van der Waals surface area contributed by atoms with Gasteiger partial charge in [-0.3, -0.25) is 0 Å². The molecule has 1 atom stereocenters. The van der Waals surface area contributed by atoms with Gasteiger partial charge >= 0.3 is 0 Å². The van der Waals surface area contributed by atoms with Crippen LogP contribution in [0.25, 0.3) is 0 Å². The molecular weight excluding hydrogens is 136 g/mol. The first kappa shape index (κ1) is 8.12. The van der Waals surface area contributed by atoms with Gasteiger partial charge in [-0.05, 0) is 24.5 Å². The van der Waals surface area contributed by atoms with Crippen LogP contribution in [-0.4, -0.2) is 7.11 Å². The Labute approximate surface area is 68.1 Å². The summed E-state index contributed by atoms with van der Waals surface area (Å²) in [5.74, 6) is 1.48. The highest BCUT2D eigenvalue weighted by Crippen LogP contribution is 2.17. The van der Waals surface area contributed by atoms with E-state index in [0.29, 0.717) is 5.92 Å². The first-order valence-corrected chi connectivity index (χ1v) is 3.85. The maximum Gasteiger partial charge on any atom is 0.121 e. The highest BCUT2D eigenvalue weighted by Gasteiger charge is 2.02. The Bertz CT molecular complexity index is 221. The number of allylic oxidation sites excluding steroid dienone is 5. The average molecular weight is 150 g/mol.